The number of carbonyl (C=O) groups excluding carboxylic acids is 1. The van der Waals surface area contributed by atoms with Gasteiger partial charge in [0.15, 0.2) is 0 Å². The molecule has 0 bridgehead atoms. The fourth-order valence-corrected chi connectivity index (χ4v) is 6.60. The molecule has 3 rings (SSSR count). The molecule has 0 atom stereocenters. The van der Waals surface area contributed by atoms with E-state index in [4.69, 9.17) is 15.2 Å². The topological polar surface area (TPSA) is 107 Å². The first-order valence-electron chi connectivity index (χ1n) is 10.1. The van der Waals surface area contributed by atoms with Crippen LogP contribution in [0, 0.1) is 11.7 Å². The Hall–Kier alpha value is -2.08. The van der Waals surface area contributed by atoms with Gasteiger partial charge in [-0.2, -0.15) is 0 Å². The number of nitrogens with zero attached hydrogens (tertiary/aromatic N) is 2. The summed E-state index contributed by atoms with van der Waals surface area (Å²) in [4.78, 5) is 15.3. The van der Waals surface area contributed by atoms with Crippen molar-refractivity contribution >= 4 is 32.3 Å². The number of nitrogens with two attached hydrogens (primary N) is 1. The Labute approximate surface area is 196 Å². The van der Waals surface area contributed by atoms with Gasteiger partial charge in [0.1, 0.15) is 21.9 Å². The first-order valence-corrected chi connectivity index (χ1v) is 12.7. The van der Waals surface area contributed by atoms with Gasteiger partial charge in [0.05, 0.1) is 12.8 Å². The minimum Gasteiger partial charge on any atom is -0.496 e. The van der Waals surface area contributed by atoms with Crippen molar-refractivity contribution in [3.63, 3.8) is 0 Å². The number of thiol groups is 1. The molecule has 0 spiro atoms. The van der Waals surface area contributed by atoms with Gasteiger partial charge in [0, 0.05) is 42.9 Å². The van der Waals surface area contributed by atoms with Gasteiger partial charge < -0.3 is 15.2 Å². The molecular formula is C21H27BrFN4O4S. The normalized spacial score (nSPS) is 17.5. The van der Waals surface area contributed by atoms with Crippen molar-refractivity contribution in [3.8, 4) is 11.5 Å². The van der Waals surface area contributed by atoms with E-state index >= 15 is 0 Å². The molecule has 1 radical (unpaired) electrons. The van der Waals surface area contributed by atoms with E-state index in [1.165, 1.54) is 19.2 Å². The minimum absolute atomic E-state index is 0.151. The number of primary amides is 1. The number of hydrogen-bond acceptors (Lipinski definition) is 5. The van der Waals surface area contributed by atoms with Gasteiger partial charge in [-0.1, -0.05) is 13.0 Å². The smallest absolute Gasteiger partial charge is 0.409 e. The fourth-order valence-electron chi connectivity index (χ4n) is 3.63. The Morgan fingerprint density at radius 3 is 2.84 bits per heavy atom. The molecule has 1 fully saturated rings. The molecule has 1 aromatic carbocycles. The molecule has 1 aliphatic rings. The van der Waals surface area contributed by atoms with Crippen molar-refractivity contribution in [1.29, 1.82) is 0 Å². The highest BCUT2D eigenvalue weighted by molar-refractivity contribution is 9.10. The number of methoxy groups -OCH3 is 1. The van der Waals surface area contributed by atoms with Crippen LogP contribution in [-0.4, -0.2) is 45.5 Å². The summed E-state index contributed by atoms with van der Waals surface area (Å²) in [7, 11) is -1.58. The number of ether oxygens (including phenoxy) is 2. The molecule has 1 aromatic heterocycles. The Kier molecular flexibility index (Phi) is 8.21. The van der Waals surface area contributed by atoms with Crippen LogP contribution in [0.5, 0.6) is 11.5 Å². The highest BCUT2D eigenvalue weighted by atomic mass is 79.9. The molecule has 0 aliphatic carbocycles. The highest BCUT2D eigenvalue weighted by Gasteiger charge is 2.30. The highest BCUT2D eigenvalue weighted by Crippen LogP contribution is 2.30. The molecular weight excluding hydrogens is 503 g/mol. The van der Waals surface area contributed by atoms with Crippen molar-refractivity contribution in [2.75, 3.05) is 26.0 Å². The Morgan fingerprint density at radius 1 is 1.34 bits per heavy atom. The van der Waals surface area contributed by atoms with Gasteiger partial charge in [-0.25, -0.2) is 23.2 Å². The van der Waals surface area contributed by atoms with Crippen molar-refractivity contribution in [2.24, 2.45) is 5.73 Å². The van der Waals surface area contributed by atoms with Gasteiger partial charge in [-0.15, -0.1) is 0 Å². The molecule has 3 N–H and O–H groups in total. The standard InChI is InChI=1S/C21H27BrFN4O4S/c1-14(20-17(23)7-8-19(22)26-20)13-32(29)25-9-3-4-10-27(32)12-15-5-6-16(31-21(24)28)11-18(15)30-2/h5-8,11,32H,3-4,9-10,12-13H2,1-2H3,(H2,24,28)(H,25,29). The summed E-state index contributed by atoms with van der Waals surface area (Å²) in [5.74, 6) is 1.04. The van der Waals surface area contributed by atoms with Crippen LogP contribution in [0.15, 0.2) is 34.9 Å². The van der Waals surface area contributed by atoms with E-state index in [0.717, 1.165) is 18.4 Å². The second-order valence-corrected chi connectivity index (χ2v) is 10.9. The predicted octanol–water partition coefficient (Wildman–Crippen LogP) is 3.12. The van der Waals surface area contributed by atoms with E-state index in [0.29, 0.717) is 35.9 Å². The quantitative estimate of drug-likeness (QED) is 0.377. The summed E-state index contributed by atoms with van der Waals surface area (Å²) in [6.07, 6.45) is 0.830. The predicted molar refractivity (Wildman–Crippen MR) is 125 cm³/mol. The van der Waals surface area contributed by atoms with Gasteiger partial charge in [-0.05, 0) is 57.3 Å². The molecule has 1 aliphatic heterocycles. The van der Waals surface area contributed by atoms with Crippen molar-refractivity contribution in [3.05, 3.63) is 57.9 Å². The Balaban J connectivity index is 1.86. The van der Waals surface area contributed by atoms with Crippen LogP contribution >= 0.6 is 15.9 Å². The van der Waals surface area contributed by atoms with Gasteiger partial charge in [0.25, 0.3) is 0 Å². The summed E-state index contributed by atoms with van der Waals surface area (Å²) >= 11 is 3.27. The van der Waals surface area contributed by atoms with E-state index < -0.39 is 22.2 Å². The molecule has 0 saturated carbocycles. The molecule has 175 valence electrons. The molecule has 2 heterocycles. The summed E-state index contributed by atoms with van der Waals surface area (Å²) in [5.41, 5.74) is 6.05. The molecule has 11 heteroatoms. The second-order valence-electron chi connectivity index (χ2n) is 7.50. The molecule has 2 aromatic rings. The number of halogens is 2. The first kappa shape index (κ1) is 24.6. The zero-order valence-electron chi connectivity index (χ0n) is 17.9. The monoisotopic (exact) mass is 529 g/mol. The molecule has 1 amide bonds. The third-order valence-corrected chi connectivity index (χ3v) is 8.47. The van der Waals surface area contributed by atoms with E-state index in [1.807, 2.05) is 4.31 Å². The number of rotatable bonds is 7. The van der Waals surface area contributed by atoms with Crippen LogP contribution in [0.2, 0.25) is 0 Å². The maximum atomic E-state index is 14.4. The number of nitrogens with one attached hydrogen (secondary N) is 1. The lowest BCUT2D eigenvalue weighted by molar-refractivity contribution is 0.210. The lowest BCUT2D eigenvalue weighted by atomic mass is 10.1. The summed E-state index contributed by atoms with van der Waals surface area (Å²) < 4.78 is 44.4. The molecule has 32 heavy (non-hydrogen) atoms. The van der Waals surface area contributed by atoms with Gasteiger partial charge in [-0.3, -0.25) is 4.21 Å². The number of hydrogen-bond donors (Lipinski definition) is 3. The minimum atomic E-state index is -3.09. The van der Waals surface area contributed by atoms with Gasteiger partial charge >= 0.3 is 6.09 Å². The van der Waals surface area contributed by atoms with Gasteiger partial charge in [0.2, 0.25) is 0 Å². The van der Waals surface area contributed by atoms with Crippen LogP contribution in [0.1, 0.15) is 31.0 Å². The number of pyridine rings is 1. The number of carbonyl (C=O) groups is 1. The third-order valence-electron chi connectivity index (χ3n) is 5.16. The van der Waals surface area contributed by atoms with Crippen LogP contribution in [-0.2, 0) is 16.8 Å². The van der Waals surface area contributed by atoms with Crippen LogP contribution in [0.25, 0.3) is 0 Å². The average Bonchev–Trinajstić information content (AvgIpc) is 2.91. The SMILES string of the molecule is COc1cc(OC(N)=O)ccc1CN1CCCCN[SH]1(=O)C[C](C)c1nc(Br)ccc1F. The molecule has 1 saturated heterocycles. The molecule has 8 nitrogen and oxygen atoms in total. The lowest BCUT2D eigenvalue weighted by Gasteiger charge is -2.37. The second kappa shape index (κ2) is 10.7. The largest absolute Gasteiger partial charge is 0.496 e. The van der Waals surface area contributed by atoms with E-state index in [2.05, 4.69) is 25.6 Å². The zero-order chi connectivity index (χ0) is 23.3. The van der Waals surface area contributed by atoms with Crippen molar-refractivity contribution in [2.45, 2.75) is 26.3 Å². The summed E-state index contributed by atoms with van der Waals surface area (Å²) in [5, 5.41) is 0. The summed E-state index contributed by atoms with van der Waals surface area (Å²) in [6, 6.07) is 7.79. The van der Waals surface area contributed by atoms with E-state index in [-0.39, 0.29) is 17.2 Å². The van der Waals surface area contributed by atoms with Crippen LogP contribution < -0.4 is 19.9 Å². The molecule has 0 unspecified atom stereocenters. The zero-order valence-corrected chi connectivity index (χ0v) is 20.4. The number of benzene rings is 1. The maximum Gasteiger partial charge on any atom is 0.409 e. The number of amides is 1. The first-order chi connectivity index (χ1) is 15.2. The maximum absolute atomic E-state index is 14.4. The summed E-state index contributed by atoms with van der Waals surface area (Å²) in [6.45, 7) is 3.30. The van der Waals surface area contributed by atoms with Crippen molar-refractivity contribution < 1.29 is 22.9 Å². The Bertz CT molecular complexity index is 1030. The third kappa shape index (κ3) is 6.03. The average molecular weight is 530 g/mol. The van der Waals surface area contributed by atoms with Crippen LogP contribution in [0.3, 0.4) is 0 Å². The van der Waals surface area contributed by atoms with Crippen LogP contribution in [0.4, 0.5) is 9.18 Å². The number of aromatic nitrogens is 1. The van der Waals surface area contributed by atoms with E-state index in [1.54, 1.807) is 25.1 Å². The van der Waals surface area contributed by atoms with Crippen molar-refractivity contribution in [1.82, 2.24) is 14.0 Å². The fraction of sp³-hybridized carbons (Fsp3) is 0.381. The lowest BCUT2D eigenvalue weighted by Crippen LogP contribution is -2.48. The Morgan fingerprint density at radius 2 is 2.12 bits per heavy atom. The van der Waals surface area contributed by atoms with E-state index in [9.17, 15) is 13.4 Å².